The summed E-state index contributed by atoms with van der Waals surface area (Å²) in [4.78, 5) is 0. The first kappa shape index (κ1) is 53.4. The molecule has 0 aliphatic carbocycles. The molecule has 0 rings (SSSR count). The second-order valence-electron chi connectivity index (χ2n) is 11.5. The van der Waals surface area contributed by atoms with Crippen LogP contribution in [0.2, 0.25) is 0 Å². The third-order valence-electron chi connectivity index (χ3n) is 7.56. The number of nitrogens with one attached hydrogen (secondary N) is 3. The summed E-state index contributed by atoms with van der Waals surface area (Å²) in [5.41, 5.74) is 11.5. The van der Waals surface area contributed by atoms with Crippen LogP contribution in [0.4, 0.5) is 0 Å². The van der Waals surface area contributed by atoms with Crippen LogP contribution in [0.15, 0.2) is 0 Å². The zero-order chi connectivity index (χ0) is 28.7. The van der Waals surface area contributed by atoms with Gasteiger partial charge in [0.05, 0.1) is 5.75 Å². The van der Waals surface area contributed by atoms with Gasteiger partial charge in [-0.2, -0.15) is 0 Å². The summed E-state index contributed by atoms with van der Waals surface area (Å²) in [5.74, 6) is 0.246. The number of hydrogen-bond donors (Lipinski definition) is 5. The molecule has 0 bridgehead atoms. The number of unbranched alkanes of at least 4 members (excludes halogenated alkanes) is 15. The van der Waals surface area contributed by atoms with Crippen LogP contribution in [0.1, 0.15) is 142 Å². The maximum Gasteiger partial charge on any atom is 0.165 e. The Balaban J connectivity index is -0.00000120. The van der Waals surface area contributed by atoms with Crippen molar-refractivity contribution < 1.29 is 8.42 Å². The summed E-state index contributed by atoms with van der Waals surface area (Å²) in [6, 6.07) is 0. The zero-order valence-corrected chi connectivity index (χ0v) is 31.7. The molecule has 0 radical (unpaired) electrons. The lowest BCUT2D eigenvalue weighted by molar-refractivity contribution is 0.532. The maximum atomic E-state index is 12.5. The predicted molar refractivity (Wildman–Crippen MR) is 201 cm³/mol. The second-order valence-corrected chi connectivity index (χ2v) is 13.8. The molecule has 0 saturated carbocycles. The third-order valence-corrected chi connectivity index (χ3v) is 9.57. The van der Waals surface area contributed by atoms with Gasteiger partial charge < -0.3 is 27.4 Å². The van der Waals surface area contributed by atoms with E-state index in [1.54, 1.807) is 0 Å². The Morgan fingerprint density at radius 1 is 0.488 bits per heavy atom. The summed E-state index contributed by atoms with van der Waals surface area (Å²) >= 11 is 0. The molecule has 1 unspecified atom stereocenters. The van der Waals surface area contributed by atoms with Crippen molar-refractivity contribution in [3.63, 3.8) is 0 Å². The van der Waals surface area contributed by atoms with Crippen molar-refractivity contribution in [3.8, 4) is 0 Å². The minimum Gasteiger partial charge on any atom is -0.330 e. The molecular weight excluding hydrogens is 648 g/mol. The van der Waals surface area contributed by atoms with E-state index < -0.39 is 15.2 Å². The Kier molecular flexibility index (Phi) is 53.3. The highest BCUT2D eigenvalue weighted by Gasteiger charge is 2.20. The molecule has 0 aromatic rings. The van der Waals surface area contributed by atoms with Crippen LogP contribution in [0, 0.1) is 0 Å². The SMILES string of the molecule is CCCCCCCCCCCCCCCCS(=O)(=O)C(N)CCCNCCCNCCCCNCCCCN.Cl.Cl.Cl.Cl. The standard InChI is InChI=1S/C31H69N5O2S.4ClH/c1-2-3-4-5-6-7-8-9-10-11-12-13-14-19-30-39(37,38)31(33)22-20-27-36-29-21-28-35-26-18-17-25-34-24-16-15-23-32;;;;/h31,34-36H,2-30,32-33H2,1H3;4*1H. The van der Waals surface area contributed by atoms with Gasteiger partial charge in [0.15, 0.2) is 9.84 Å². The minimum absolute atomic E-state index is 0. The Labute approximate surface area is 292 Å². The van der Waals surface area contributed by atoms with Crippen LogP contribution in [0.5, 0.6) is 0 Å². The molecule has 0 heterocycles. The van der Waals surface area contributed by atoms with Crippen molar-refractivity contribution in [1.29, 1.82) is 0 Å². The van der Waals surface area contributed by atoms with E-state index in [-0.39, 0.29) is 55.4 Å². The Morgan fingerprint density at radius 3 is 1.26 bits per heavy atom. The van der Waals surface area contributed by atoms with E-state index in [0.717, 1.165) is 84.3 Å². The van der Waals surface area contributed by atoms with E-state index >= 15 is 0 Å². The van der Waals surface area contributed by atoms with Gasteiger partial charge in [-0.15, -0.1) is 49.6 Å². The molecule has 43 heavy (non-hydrogen) atoms. The van der Waals surface area contributed by atoms with Gasteiger partial charge in [-0.1, -0.05) is 90.4 Å². The zero-order valence-electron chi connectivity index (χ0n) is 27.6. The van der Waals surface area contributed by atoms with Gasteiger partial charge in [0, 0.05) is 0 Å². The number of rotatable bonds is 33. The minimum atomic E-state index is -3.17. The van der Waals surface area contributed by atoms with Gasteiger partial charge in [-0.3, -0.25) is 0 Å². The molecule has 0 fully saturated rings. The van der Waals surface area contributed by atoms with Crippen molar-refractivity contribution in [3.05, 3.63) is 0 Å². The highest BCUT2D eigenvalue weighted by molar-refractivity contribution is 7.91. The fourth-order valence-electron chi connectivity index (χ4n) is 4.86. The van der Waals surface area contributed by atoms with Crippen molar-refractivity contribution in [2.75, 3.05) is 51.6 Å². The highest BCUT2D eigenvalue weighted by atomic mass is 35.5. The highest BCUT2D eigenvalue weighted by Crippen LogP contribution is 2.14. The molecule has 0 aromatic heterocycles. The summed E-state index contributed by atoms with van der Waals surface area (Å²) in [5, 5.41) is 9.66. The summed E-state index contributed by atoms with van der Waals surface area (Å²) in [6.45, 7) is 9.09. The van der Waals surface area contributed by atoms with Crippen LogP contribution >= 0.6 is 49.6 Å². The quantitative estimate of drug-likeness (QED) is 0.0451. The number of sulfone groups is 1. The van der Waals surface area contributed by atoms with Gasteiger partial charge in [0.1, 0.15) is 5.37 Å². The van der Waals surface area contributed by atoms with Gasteiger partial charge in [0.25, 0.3) is 0 Å². The molecule has 12 heteroatoms. The number of hydrogen-bond acceptors (Lipinski definition) is 7. The monoisotopic (exact) mass is 719 g/mol. The first-order chi connectivity index (χ1) is 19.0. The molecule has 1 atom stereocenters. The predicted octanol–water partition coefficient (Wildman–Crippen LogP) is 7.31. The first-order valence-electron chi connectivity index (χ1n) is 16.8. The van der Waals surface area contributed by atoms with Crippen LogP contribution in [0.25, 0.3) is 0 Å². The van der Waals surface area contributed by atoms with Crippen molar-refractivity contribution in [2.45, 2.75) is 147 Å². The van der Waals surface area contributed by atoms with Crippen LogP contribution in [-0.2, 0) is 9.84 Å². The van der Waals surface area contributed by atoms with Gasteiger partial charge in [-0.05, 0) is 97.2 Å². The summed E-state index contributed by atoms with van der Waals surface area (Å²) in [7, 11) is -3.17. The molecule has 0 aliphatic heterocycles. The van der Waals surface area contributed by atoms with E-state index in [1.165, 1.54) is 89.9 Å². The maximum absolute atomic E-state index is 12.5. The van der Waals surface area contributed by atoms with Crippen molar-refractivity contribution in [1.82, 2.24) is 16.0 Å². The molecular formula is C31H73Cl4N5O2S. The van der Waals surface area contributed by atoms with Crippen LogP contribution in [0.3, 0.4) is 0 Å². The average molecular weight is 722 g/mol. The Hall–Kier alpha value is 0.910. The molecule has 0 aliphatic rings. The van der Waals surface area contributed by atoms with Gasteiger partial charge >= 0.3 is 0 Å². The van der Waals surface area contributed by atoms with Gasteiger partial charge in [0.2, 0.25) is 0 Å². The fourth-order valence-corrected chi connectivity index (χ4v) is 6.30. The molecule has 0 aromatic carbocycles. The first-order valence-corrected chi connectivity index (χ1v) is 18.6. The molecule has 0 amide bonds. The van der Waals surface area contributed by atoms with E-state index in [0.29, 0.717) is 6.42 Å². The summed E-state index contributed by atoms with van der Waals surface area (Å²) < 4.78 is 25.0. The van der Waals surface area contributed by atoms with E-state index in [1.807, 2.05) is 0 Å². The Bertz CT molecular complexity index is 597. The molecule has 0 spiro atoms. The largest absolute Gasteiger partial charge is 0.330 e. The van der Waals surface area contributed by atoms with E-state index in [2.05, 4.69) is 22.9 Å². The number of halogens is 4. The van der Waals surface area contributed by atoms with E-state index in [9.17, 15) is 8.42 Å². The lowest BCUT2D eigenvalue weighted by atomic mass is 10.0. The molecule has 7 N–H and O–H groups in total. The summed E-state index contributed by atoms with van der Waals surface area (Å²) in [6.07, 6.45) is 24.9. The third kappa shape index (κ3) is 40.9. The number of nitrogens with two attached hydrogens (primary N) is 2. The molecule has 7 nitrogen and oxygen atoms in total. The van der Waals surface area contributed by atoms with Crippen LogP contribution in [-0.4, -0.2) is 65.4 Å². The van der Waals surface area contributed by atoms with Gasteiger partial charge in [-0.25, -0.2) is 8.42 Å². The normalized spacial score (nSPS) is 11.6. The smallest absolute Gasteiger partial charge is 0.165 e. The van der Waals surface area contributed by atoms with E-state index in [4.69, 9.17) is 11.5 Å². The lowest BCUT2D eigenvalue weighted by Gasteiger charge is -2.13. The van der Waals surface area contributed by atoms with Crippen molar-refractivity contribution >= 4 is 59.5 Å². The second kappa shape index (κ2) is 42.9. The van der Waals surface area contributed by atoms with Crippen molar-refractivity contribution in [2.24, 2.45) is 11.5 Å². The van der Waals surface area contributed by atoms with Crippen LogP contribution < -0.4 is 27.4 Å². The Morgan fingerprint density at radius 2 is 0.837 bits per heavy atom. The fraction of sp³-hybridized carbons (Fsp3) is 1.00. The molecule has 268 valence electrons. The average Bonchev–Trinajstić information content (AvgIpc) is 2.92. The molecule has 0 saturated heterocycles. The lowest BCUT2D eigenvalue weighted by Crippen LogP contribution is -2.33. The topological polar surface area (TPSA) is 122 Å².